The van der Waals surface area contributed by atoms with E-state index in [-0.39, 0.29) is 18.9 Å². The van der Waals surface area contributed by atoms with Crippen molar-refractivity contribution in [2.45, 2.75) is 26.7 Å². The first-order valence-corrected chi connectivity index (χ1v) is 11.7. The van der Waals surface area contributed by atoms with Crippen molar-refractivity contribution in [3.63, 3.8) is 0 Å². The van der Waals surface area contributed by atoms with Gasteiger partial charge in [0.2, 0.25) is 15.9 Å². The van der Waals surface area contributed by atoms with Crippen molar-refractivity contribution in [3.05, 3.63) is 53.6 Å². The van der Waals surface area contributed by atoms with Crippen LogP contribution in [-0.4, -0.2) is 46.8 Å². The van der Waals surface area contributed by atoms with Crippen LogP contribution in [0.3, 0.4) is 0 Å². The van der Waals surface area contributed by atoms with E-state index in [2.05, 4.69) is 5.32 Å². The second-order valence-corrected chi connectivity index (χ2v) is 8.82. The molecule has 0 aromatic heterocycles. The standard InChI is InChI=1S/C22H28N2O6S/c1-5-30-20-10-7-6-9-19(20)24(31(4,27)28)14-8-11-21(25)23-18-15-17(22(26)29-3)13-12-16(18)2/h6-7,9-10,12-13,15H,5,8,11,14H2,1-4H3,(H,23,25). The lowest BCUT2D eigenvalue weighted by Crippen LogP contribution is -2.32. The number of hydrogen-bond donors (Lipinski definition) is 1. The Balaban J connectivity index is 2.07. The van der Waals surface area contributed by atoms with E-state index in [1.165, 1.54) is 11.4 Å². The van der Waals surface area contributed by atoms with E-state index in [0.717, 1.165) is 11.8 Å². The smallest absolute Gasteiger partial charge is 0.337 e. The van der Waals surface area contributed by atoms with Crippen molar-refractivity contribution in [2.75, 3.05) is 36.1 Å². The highest BCUT2D eigenvalue weighted by atomic mass is 32.2. The highest BCUT2D eigenvalue weighted by Gasteiger charge is 2.21. The number of carbonyl (C=O) groups excluding carboxylic acids is 2. The van der Waals surface area contributed by atoms with Crippen LogP contribution >= 0.6 is 0 Å². The normalized spacial score (nSPS) is 11.0. The molecule has 0 radical (unpaired) electrons. The molecular formula is C22H28N2O6S. The van der Waals surface area contributed by atoms with Gasteiger partial charge in [-0.25, -0.2) is 13.2 Å². The van der Waals surface area contributed by atoms with Gasteiger partial charge in [-0.2, -0.15) is 0 Å². The van der Waals surface area contributed by atoms with Crippen molar-refractivity contribution in [1.82, 2.24) is 0 Å². The van der Waals surface area contributed by atoms with Gasteiger partial charge in [-0.05, 0) is 50.1 Å². The van der Waals surface area contributed by atoms with Gasteiger partial charge < -0.3 is 14.8 Å². The molecule has 0 saturated carbocycles. The Hall–Kier alpha value is -3.07. The third-order valence-corrected chi connectivity index (χ3v) is 5.71. The summed E-state index contributed by atoms with van der Waals surface area (Å²) >= 11 is 0. The lowest BCUT2D eigenvalue weighted by atomic mass is 10.1. The zero-order valence-electron chi connectivity index (χ0n) is 18.2. The third-order valence-electron chi connectivity index (χ3n) is 4.53. The summed E-state index contributed by atoms with van der Waals surface area (Å²) in [5.41, 5.74) is 2.08. The quantitative estimate of drug-likeness (QED) is 0.559. The molecule has 2 rings (SSSR count). The number of nitrogens with zero attached hydrogens (tertiary/aromatic N) is 1. The van der Waals surface area contributed by atoms with Crippen LogP contribution in [0.25, 0.3) is 0 Å². The number of para-hydroxylation sites is 2. The summed E-state index contributed by atoms with van der Waals surface area (Å²) in [6.07, 6.45) is 1.53. The van der Waals surface area contributed by atoms with Crippen molar-refractivity contribution >= 4 is 33.3 Å². The molecule has 168 valence electrons. The molecule has 0 unspecified atom stereocenters. The molecule has 0 fully saturated rings. The van der Waals surface area contributed by atoms with Crippen LogP contribution in [0.4, 0.5) is 11.4 Å². The molecule has 9 heteroatoms. The molecule has 1 N–H and O–H groups in total. The predicted octanol–water partition coefficient (Wildman–Crippen LogP) is 3.37. The fourth-order valence-corrected chi connectivity index (χ4v) is 3.97. The number of hydrogen-bond acceptors (Lipinski definition) is 6. The van der Waals surface area contributed by atoms with Gasteiger partial charge in [-0.1, -0.05) is 18.2 Å². The first-order chi connectivity index (χ1) is 14.7. The van der Waals surface area contributed by atoms with Gasteiger partial charge in [0, 0.05) is 18.7 Å². The zero-order chi connectivity index (χ0) is 23.0. The number of benzene rings is 2. The monoisotopic (exact) mass is 448 g/mol. The van der Waals surface area contributed by atoms with Crippen LogP contribution in [0, 0.1) is 6.92 Å². The van der Waals surface area contributed by atoms with Crippen LogP contribution in [0.1, 0.15) is 35.7 Å². The topological polar surface area (TPSA) is 102 Å². The highest BCUT2D eigenvalue weighted by molar-refractivity contribution is 7.92. The molecular weight excluding hydrogens is 420 g/mol. The summed E-state index contributed by atoms with van der Waals surface area (Å²) in [5.74, 6) is -0.306. The number of amides is 1. The molecule has 0 spiro atoms. The molecule has 31 heavy (non-hydrogen) atoms. The number of anilines is 2. The highest BCUT2D eigenvalue weighted by Crippen LogP contribution is 2.30. The molecule has 0 bridgehead atoms. The number of ether oxygens (including phenoxy) is 2. The maximum Gasteiger partial charge on any atom is 0.337 e. The molecule has 1 amide bonds. The first-order valence-electron chi connectivity index (χ1n) is 9.85. The molecule has 0 aliphatic rings. The largest absolute Gasteiger partial charge is 0.492 e. The second kappa shape index (κ2) is 10.8. The summed E-state index contributed by atoms with van der Waals surface area (Å²) in [6.45, 7) is 4.16. The van der Waals surface area contributed by atoms with Crippen LogP contribution in [0.2, 0.25) is 0 Å². The minimum absolute atomic E-state index is 0.102. The Labute approximate surface area is 183 Å². The SMILES string of the molecule is CCOc1ccccc1N(CCCC(=O)Nc1cc(C(=O)OC)ccc1C)S(C)(=O)=O. The Kier molecular flexibility index (Phi) is 8.44. The zero-order valence-corrected chi connectivity index (χ0v) is 19.0. The fourth-order valence-electron chi connectivity index (χ4n) is 3.00. The molecule has 2 aromatic rings. The van der Waals surface area contributed by atoms with E-state index in [4.69, 9.17) is 9.47 Å². The number of methoxy groups -OCH3 is 1. The Morgan fingerprint density at radius 3 is 2.48 bits per heavy atom. The van der Waals surface area contributed by atoms with Crippen LogP contribution < -0.4 is 14.4 Å². The van der Waals surface area contributed by atoms with E-state index in [1.54, 1.807) is 42.5 Å². The molecule has 0 heterocycles. The van der Waals surface area contributed by atoms with Gasteiger partial charge in [0.25, 0.3) is 0 Å². The lowest BCUT2D eigenvalue weighted by molar-refractivity contribution is -0.116. The van der Waals surface area contributed by atoms with E-state index >= 15 is 0 Å². The second-order valence-electron chi connectivity index (χ2n) is 6.91. The van der Waals surface area contributed by atoms with Crippen LogP contribution in [0.15, 0.2) is 42.5 Å². The Morgan fingerprint density at radius 2 is 1.84 bits per heavy atom. The summed E-state index contributed by atoms with van der Waals surface area (Å²) < 4.78 is 36.2. The molecule has 0 aliphatic heterocycles. The Bertz CT molecular complexity index is 1040. The fraction of sp³-hybridized carbons (Fsp3) is 0.364. The van der Waals surface area contributed by atoms with E-state index in [9.17, 15) is 18.0 Å². The van der Waals surface area contributed by atoms with Crippen molar-refractivity contribution in [3.8, 4) is 5.75 Å². The van der Waals surface area contributed by atoms with E-state index < -0.39 is 16.0 Å². The summed E-state index contributed by atoms with van der Waals surface area (Å²) in [6, 6.07) is 11.8. The third kappa shape index (κ3) is 6.71. The summed E-state index contributed by atoms with van der Waals surface area (Å²) in [4.78, 5) is 24.1. The van der Waals surface area contributed by atoms with Gasteiger partial charge in [-0.15, -0.1) is 0 Å². The number of aryl methyl sites for hydroxylation is 1. The summed E-state index contributed by atoms with van der Waals surface area (Å²) in [5, 5.41) is 2.77. The number of esters is 1. The van der Waals surface area contributed by atoms with Crippen molar-refractivity contribution < 1.29 is 27.5 Å². The molecule has 2 aromatic carbocycles. The van der Waals surface area contributed by atoms with E-state index in [1.807, 2.05) is 13.8 Å². The average molecular weight is 449 g/mol. The Morgan fingerprint density at radius 1 is 1.13 bits per heavy atom. The minimum Gasteiger partial charge on any atom is -0.492 e. The molecule has 0 saturated heterocycles. The predicted molar refractivity (Wildman–Crippen MR) is 120 cm³/mol. The van der Waals surface area contributed by atoms with Crippen molar-refractivity contribution in [1.29, 1.82) is 0 Å². The lowest BCUT2D eigenvalue weighted by Gasteiger charge is -2.24. The number of sulfonamides is 1. The van der Waals surface area contributed by atoms with Gasteiger partial charge >= 0.3 is 5.97 Å². The van der Waals surface area contributed by atoms with Gasteiger partial charge in [0.1, 0.15) is 5.75 Å². The van der Waals surface area contributed by atoms with Crippen molar-refractivity contribution in [2.24, 2.45) is 0 Å². The first kappa shape index (κ1) is 24.2. The molecule has 0 aliphatic carbocycles. The number of rotatable bonds is 10. The number of carbonyl (C=O) groups is 2. The van der Waals surface area contributed by atoms with Crippen LogP contribution in [-0.2, 0) is 19.6 Å². The maximum atomic E-state index is 12.4. The van der Waals surface area contributed by atoms with Gasteiger partial charge in [-0.3, -0.25) is 9.10 Å². The number of nitrogens with one attached hydrogen (secondary N) is 1. The summed E-state index contributed by atoms with van der Waals surface area (Å²) in [7, 11) is -2.28. The molecule has 0 atom stereocenters. The maximum absolute atomic E-state index is 12.4. The van der Waals surface area contributed by atoms with Gasteiger partial charge in [0.05, 0.1) is 31.2 Å². The molecule has 8 nitrogen and oxygen atoms in total. The van der Waals surface area contributed by atoms with Crippen LogP contribution in [0.5, 0.6) is 5.75 Å². The average Bonchev–Trinajstić information content (AvgIpc) is 2.72. The van der Waals surface area contributed by atoms with E-state index in [0.29, 0.717) is 35.7 Å². The minimum atomic E-state index is -3.57. The van der Waals surface area contributed by atoms with Gasteiger partial charge in [0.15, 0.2) is 0 Å².